The van der Waals surface area contributed by atoms with Gasteiger partial charge in [0.05, 0.1) is 12.2 Å². The lowest BCUT2D eigenvalue weighted by atomic mass is 10.0. The van der Waals surface area contributed by atoms with Crippen molar-refractivity contribution in [2.45, 2.75) is 135 Å². The van der Waals surface area contributed by atoms with Crippen molar-refractivity contribution >= 4 is 5.91 Å². The molecule has 0 unspecified atom stereocenters. The lowest BCUT2D eigenvalue weighted by molar-refractivity contribution is 0.0788. The van der Waals surface area contributed by atoms with E-state index in [1.807, 2.05) is 29.2 Å². The molecule has 0 radical (unpaired) electrons. The van der Waals surface area contributed by atoms with Crippen molar-refractivity contribution in [1.29, 1.82) is 0 Å². The van der Waals surface area contributed by atoms with Crippen LogP contribution in [0.25, 0.3) is 0 Å². The number of amides is 1. The van der Waals surface area contributed by atoms with Crippen LogP contribution in [0.3, 0.4) is 0 Å². The number of hydrogen-bond acceptors (Lipinski definition) is 2. The lowest BCUT2D eigenvalue weighted by Gasteiger charge is -2.17. The van der Waals surface area contributed by atoms with Gasteiger partial charge in [0.25, 0.3) is 5.91 Å². The first-order valence-corrected chi connectivity index (χ1v) is 14.8. The minimum Gasteiger partial charge on any atom is -0.493 e. The SMILES string of the molecule is CCCCCCCCCCCCCCCCCCCCOc1ccccc1C(=O)N1CCCC1. The van der Waals surface area contributed by atoms with Gasteiger partial charge in [-0.2, -0.15) is 0 Å². The highest BCUT2D eigenvalue weighted by atomic mass is 16.5. The van der Waals surface area contributed by atoms with E-state index in [0.29, 0.717) is 6.61 Å². The Balaban J connectivity index is 1.36. The molecule has 0 spiro atoms. The zero-order valence-corrected chi connectivity index (χ0v) is 22.3. The summed E-state index contributed by atoms with van der Waals surface area (Å²) in [6.07, 6.45) is 27.2. The number of rotatable bonds is 21. The molecule has 0 N–H and O–H groups in total. The van der Waals surface area contributed by atoms with Crippen molar-refractivity contribution in [1.82, 2.24) is 4.90 Å². The van der Waals surface area contributed by atoms with Crippen LogP contribution in [-0.4, -0.2) is 30.5 Å². The van der Waals surface area contributed by atoms with Crippen molar-refractivity contribution in [2.24, 2.45) is 0 Å². The molecular weight excluding hydrogens is 418 g/mol. The van der Waals surface area contributed by atoms with Crippen LogP contribution in [0.4, 0.5) is 0 Å². The maximum Gasteiger partial charge on any atom is 0.257 e. The van der Waals surface area contributed by atoms with Gasteiger partial charge in [-0.25, -0.2) is 0 Å². The van der Waals surface area contributed by atoms with Gasteiger partial charge in [-0.1, -0.05) is 128 Å². The minimum absolute atomic E-state index is 0.130. The summed E-state index contributed by atoms with van der Waals surface area (Å²) in [7, 11) is 0. The molecule has 0 aromatic heterocycles. The van der Waals surface area contributed by atoms with Crippen molar-refractivity contribution < 1.29 is 9.53 Å². The third-order valence-corrected chi connectivity index (χ3v) is 7.27. The van der Waals surface area contributed by atoms with Crippen LogP contribution in [0, 0.1) is 0 Å². The fourth-order valence-electron chi connectivity index (χ4n) is 5.05. The molecule has 34 heavy (non-hydrogen) atoms. The van der Waals surface area contributed by atoms with Gasteiger partial charge in [0.15, 0.2) is 0 Å². The Hall–Kier alpha value is -1.51. The average molecular weight is 472 g/mol. The monoisotopic (exact) mass is 471 g/mol. The maximum absolute atomic E-state index is 12.7. The van der Waals surface area contributed by atoms with Crippen molar-refractivity contribution in [3.05, 3.63) is 29.8 Å². The van der Waals surface area contributed by atoms with E-state index in [1.165, 1.54) is 109 Å². The average Bonchev–Trinajstić information content (AvgIpc) is 3.40. The van der Waals surface area contributed by atoms with Crippen LogP contribution in [0.2, 0.25) is 0 Å². The molecule has 1 aliphatic heterocycles. The number of ether oxygens (including phenoxy) is 1. The molecule has 0 atom stereocenters. The van der Waals surface area contributed by atoms with E-state index in [4.69, 9.17) is 4.74 Å². The number of carbonyl (C=O) groups is 1. The summed E-state index contributed by atoms with van der Waals surface area (Å²) < 4.78 is 6.00. The van der Waals surface area contributed by atoms with E-state index >= 15 is 0 Å². The number of unbranched alkanes of at least 4 members (excludes halogenated alkanes) is 17. The first-order valence-electron chi connectivity index (χ1n) is 14.8. The molecule has 1 fully saturated rings. The highest BCUT2D eigenvalue weighted by Crippen LogP contribution is 2.22. The molecule has 1 aliphatic rings. The predicted molar refractivity (Wildman–Crippen MR) is 146 cm³/mol. The number of benzene rings is 1. The Morgan fingerprint density at radius 1 is 0.676 bits per heavy atom. The highest BCUT2D eigenvalue weighted by Gasteiger charge is 2.22. The second-order valence-electron chi connectivity index (χ2n) is 10.4. The first kappa shape index (κ1) is 28.7. The number of nitrogens with zero attached hydrogens (tertiary/aromatic N) is 1. The molecule has 0 aliphatic carbocycles. The third kappa shape index (κ3) is 12.8. The predicted octanol–water partition coefficient (Wildman–Crippen LogP) is 9.34. The molecule has 0 saturated carbocycles. The molecule has 2 rings (SSSR count). The molecule has 0 bridgehead atoms. The van der Waals surface area contributed by atoms with Crippen LogP contribution in [-0.2, 0) is 0 Å². The molecule has 1 heterocycles. The fraction of sp³-hybridized carbons (Fsp3) is 0.774. The molecule has 3 nitrogen and oxygen atoms in total. The van der Waals surface area contributed by atoms with E-state index in [2.05, 4.69) is 6.92 Å². The molecular formula is C31H53NO2. The number of hydrogen-bond donors (Lipinski definition) is 0. The molecule has 1 aromatic carbocycles. The summed E-state index contributed by atoms with van der Waals surface area (Å²) in [5, 5.41) is 0. The van der Waals surface area contributed by atoms with E-state index in [9.17, 15) is 4.79 Å². The number of likely N-dealkylation sites (tertiary alicyclic amines) is 1. The van der Waals surface area contributed by atoms with Gasteiger partial charge in [-0.15, -0.1) is 0 Å². The van der Waals surface area contributed by atoms with Gasteiger partial charge in [-0.05, 0) is 31.4 Å². The zero-order valence-electron chi connectivity index (χ0n) is 22.3. The summed E-state index contributed by atoms with van der Waals surface area (Å²) in [4.78, 5) is 14.7. The Kier molecular flexibility index (Phi) is 16.7. The molecule has 194 valence electrons. The van der Waals surface area contributed by atoms with E-state index in [1.54, 1.807) is 0 Å². The highest BCUT2D eigenvalue weighted by molar-refractivity contribution is 5.97. The normalized spacial score (nSPS) is 13.5. The van der Waals surface area contributed by atoms with Crippen LogP contribution < -0.4 is 4.74 Å². The molecule has 1 saturated heterocycles. The van der Waals surface area contributed by atoms with Crippen LogP contribution in [0.15, 0.2) is 24.3 Å². The number of carbonyl (C=O) groups excluding carboxylic acids is 1. The van der Waals surface area contributed by atoms with E-state index in [0.717, 1.165) is 43.7 Å². The van der Waals surface area contributed by atoms with Crippen molar-refractivity contribution in [3.63, 3.8) is 0 Å². The Morgan fingerprint density at radius 3 is 1.62 bits per heavy atom. The van der Waals surface area contributed by atoms with Gasteiger partial charge < -0.3 is 9.64 Å². The van der Waals surface area contributed by atoms with Crippen LogP contribution in [0.1, 0.15) is 146 Å². The summed E-state index contributed by atoms with van der Waals surface area (Å²) >= 11 is 0. The van der Waals surface area contributed by atoms with Crippen LogP contribution >= 0.6 is 0 Å². The van der Waals surface area contributed by atoms with Gasteiger partial charge in [-0.3, -0.25) is 4.79 Å². The van der Waals surface area contributed by atoms with Crippen LogP contribution in [0.5, 0.6) is 5.75 Å². The maximum atomic E-state index is 12.7. The third-order valence-electron chi connectivity index (χ3n) is 7.27. The summed E-state index contributed by atoms with van der Waals surface area (Å²) in [5.74, 6) is 0.886. The van der Waals surface area contributed by atoms with Gasteiger partial charge in [0.2, 0.25) is 0 Å². The van der Waals surface area contributed by atoms with Gasteiger partial charge in [0.1, 0.15) is 5.75 Å². The summed E-state index contributed by atoms with van der Waals surface area (Å²) in [6.45, 7) is 4.77. The van der Waals surface area contributed by atoms with Crippen molar-refractivity contribution in [3.8, 4) is 5.75 Å². The quantitative estimate of drug-likeness (QED) is 0.167. The van der Waals surface area contributed by atoms with Crippen molar-refractivity contribution in [2.75, 3.05) is 19.7 Å². The van der Waals surface area contributed by atoms with Gasteiger partial charge >= 0.3 is 0 Å². The van der Waals surface area contributed by atoms with E-state index in [-0.39, 0.29) is 5.91 Å². The molecule has 3 heteroatoms. The zero-order chi connectivity index (χ0) is 24.1. The fourth-order valence-corrected chi connectivity index (χ4v) is 5.05. The van der Waals surface area contributed by atoms with E-state index < -0.39 is 0 Å². The molecule has 1 amide bonds. The lowest BCUT2D eigenvalue weighted by Crippen LogP contribution is -2.28. The Morgan fingerprint density at radius 2 is 1.12 bits per heavy atom. The Labute approximate surface area is 211 Å². The standard InChI is InChI=1S/C31H53NO2/c1-2-3-4-5-6-7-8-9-10-11-12-13-14-15-16-17-18-23-28-34-30-25-20-19-24-29(30)31(33)32-26-21-22-27-32/h19-20,24-25H,2-18,21-23,26-28H2,1H3. The smallest absolute Gasteiger partial charge is 0.257 e. The minimum atomic E-state index is 0.130. The van der Waals surface area contributed by atoms with Gasteiger partial charge in [0, 0.05) is 13.1 Å². The first-order chi connectivity index (χ1) is 16.8. The topological polar surface area (TPSA) is 29.5 Å². The molecule has 1 aromatic rings. The summed E-state index contributed by atoms with van der Waals surface area (Å²) in [6, 6.07) is 7.75. The second kappa shape index (κ2) is 19.8. The summed E-state index contributed by atoms with van der Waals surface area (Å²) in [5.41, 5.74) is 0.729. The Bertz CT molecular complexity index is 624. The second-order valence-corrected chi connectivity index (χ2v) is 10.4. The largest absolute Gasteiger partial charge is 0.493 e. The number of para-hydroxylation sites is 1.